The molecule has 0 spiro atoms. The number of phosphoric acid groups is 1. The summed E-state index contributed by atoms with van der Waals surface area (Å²) >= 11 is 0. The van der Waals surface area contributed by atoms with Crippen LogP contribution in [-0.4, -0.2) is 41.0 Å². The van der Waals surface area contributed by atoms with E-state index in [0.29, 0.717) is 6.42 Å². The van der Waals surface area contributed by atoms with Crippen LogP contribution in [-0.2, 0) is 28.2 Å². The van der Waals surface area contributed by atoms with Crippen molar-refractivity contribution in [2.45, 2.75) is 245 Å². The molecule has 0 aromatic carbocycles. The molecule has 0 unspecified atom stereocenters. The molecule has 0 rings (SSSR count). The summed E-state index contributed by atoms with van der Waals surface area (Å²) in [5.41, 5.74) is 0. The fraction of sp³-hybridized carbons (Fsp3) is 0.870. The molecule has 9 heteroatoms. The van der Waals surface area contributed by atoms with Gasteiger partial charge in [-0.25, -0.2) is 4.57 Å². The summed E-state index contributed by atoms with van der Waals surface area (Å²) < 4.78 is 26.4. The molecule has 8 nitrogen and oxygen atoms in total. The summed E-state index contributed by atoms with van der Waals surface area (Å²) in [4.78, 5) is 42.9. The van der Waals surface area contributed by atoms with Crippen LogP contribution >= 0.6 is 7.82 Å². The molecule has 1 atom stereocenters. The fourth-order valence-corrected chi connectivity index (χ4v) is 7.11. The molecule has 0 bridgehead atoms. The molecule has 0 aromatic heterocycles. The van der Waals surface area contributed by atoms with E-state index in [4.69, 9.17) is 19.3 Å². The van der Waals surface area contributed by atoms with Crippen molar-refractivity contribution >= 4 is 19.8 Å². The summed E-state index contributed by atoms with van der Waals surface area (Å²) in [6, 6.07) is 0. The minimum atomic E-state index is -4.76. The normalized spacial score (nSPS) is 12.6. The van der Waals surface area contributed by atoms with Gasteiger partial charge in [0.05, 0.1) is 6.61 Å². The molecular weight excluding hydrogens is 711 g/mol. The Bertz CT molecular complexity index is 946. The maximum Gasteiger partial charge on any atom is 0.469 e. The zero-order chi connectivity index (χ0) is 40.3. The van der Waals surface area contributed by atoms with Crippen LogP contribution in [0.3, 0.4) is 0 Å². The lowest BCUT2D eigenvalue weighted by Crippen LogP contribution is -2.29. The highest BCUT2D eigenvalue weighted by Gasteiger charge is 2.23. The molecule has 55 heavy (non-hydrogen) atoms. The van der Waals surface area contributed by atoms with Gasteiger partial charge in [-0.15, -0.1) is 0 Å². The monoisotopic (exact) mass is 799 g/mol. The van der Waals surface area contributed by atoms with Gasteiger partial charge in [0, 0.05) is 12.8 Å². The Kier molecular flexibility index (Phi) is 41.0. The Balaban J connectivity index is 3.79. The molecule has 0 aliphatic rings. The third-order valence-corrected chi connectivity index (χ3v) is 10.7. The molecule has 0 radical (unpaired) electrons. The lowest BCUT2D eigenvalue weighted by molar-refractivity contribution is -0.161. The first-order valence-corrected chi connectivity index (χ1v) is 24.7. The van der Waals surface area contributed by atoms with Crippen LogP contribution in [0.15, 0.2) is 24.3 Å². The van der Waals surface area contributed by atoms with Crippen LogP contribution in [0.1, 0.15) is 239 Å². The SMILES string of the molecule is CCCC/C=C/C/C=C/CCCCCCCC(=O)O[C@H](COC(=O)CCCCCCCCCCCCCCCCCCCCCCCCC)COP(=O)(O)O. The van der Waals surface area contributed by atoms with Crippen LogP contribution in [0.25, 0.3) is 0 Å². The van der Waals surface area contributed by atoms with Gasteiger partial charge in [0.1, 0.15) is 6.61 Å². The second kappa shape index (κ2) is 42.1. The Morgan fingerprint density at radius 2 is 0.836 bits per heavy atom. The van der Waals surface area contributed by atoms with Gasteiger partial charge in [0.15, 0.2) is 6.10 Å². The first-order chi connectivity index (χ1) is 26.8. The summed E-state index contributed by atoms with van der Waals surface area (Å²) in [7, 11) is -4.76. The largest absolute Gasteiger partial charge is 0.469 e. The Morgan fingerprint density at radius 1 is 0.473 bits per heavy atom. The molecule has 2 N–H and O–H groups in total. The Hall–Kier alpha value is -1.47. The number of unbranched alkanes of at least 4 members (excludes halogenated alkanes) is 29. The molecule has 0 aromatic rings. The molecule has 0 heterocycles. The van der Waals surface area contributed by atoms with Gasteiger partial charge >= 0.3 is 19.8 Å². The number of ether oxygens (including phenoxy) is 2. The zero-order valence-electron chi connectivity index (χ0n) is 35.8. The maximum atomic E-state index is 12.4. The first kappa shape index (κ1) is 53.5. The van der Waals surface area contributed by atoms with E-state index in [-0.39, 0.29) is 19.4 Å². The lowest BCUT2D eigenvalue weighted by Gasteiger charge is -2.18. The minimum Gasteiger partial charge on any atom is -0.462 e. The van der Waals surface area contributed by atoms with E-state index in [1.807, 2.05) is 0 Å². The number of carbonyl (C=O) groups excluding carboxylic acids is 2. The van der Waals surface area contributed by atoms with Gasteiger partial charge < -0.3 is 19.3 Å². The van der Waals surface area contributed by atoms with Gasteiger partial charge in [-0.2, -0.15) is 0 Å². The number of carbonyl (C=O) groups is 2. The Labute approximate surface area is 339 Å². The van der Waals surface area contributed by atoms with Crippen LogP contribution < -0.4 is 0 Å². The predicted octanol–water partition coefficient (Wildman–Crippen LogP) is 14.4. The summed E-state index contributed by atoms with van der Waals surface area (Å²) in [5.74, 6) is -0.890. The highest BCUT2D eigenvalue weighted by Crippen LogP contribution is 2.36. The van der Waals surface area contributed by atoms with Gasteiger partial charge in [-0.1, -0.05) is 212 Å². The topological polar surface area (TPSA) is 119 Å². The van der Waals surface area contributed by atoms with Crippen molar-refractivity contribution in [3.8, 4) is 0 Å². The summed E-state index contributed by atoms with van der Waals surface area (Å²) in [6.07, 6.45) is 49.1. The average Bonchev–Trinajstić information content (AvgIpc) is 3.16. The Morgan fingerprint density at radius 3 is 1.25 bits per heavy atom. The van der Waals surface area contributed by atoms with E-state index in [0.717, 1.165) is 64.2 Å². The maximum absolute atomic E-state index is 12.4. The molecule has 0 amide bonds. The highest BCUT2D eigenvalue weighted by molar-refractivity contribution is 7.46. The molecule has 0 saturated heterocycles. The average molecular weight is 799 g/mol. The molecule has 0 saturated carbocycles. The number of esters is 2. The first-order valence-electron chi connectivity index (χ1n) is 23.1. The van der Waals surface area contributed by atoms with Crippen LogP contribution in [0.2, 0.25) is 0 Å². The lowest BCUT2D eigenvalue weighted by atomic mass is 10.0. The molecular formula is C46H87O8P. The third-order valence-electron chi connectivity index (χ3n) is 10.2. The smallest absolute Gasteiger partial charge is 0.462 e. The van der Waals surface area contributed by atoms with E-state index >= 15 is 0 Å². The number of hydrogen-bond acceptors (Lipinski definition) is 6. The van der Waals surface area contributed by atoms with Crippen molar-refractivity contribution in [3.05, 3.63) is 24.3 Å². The van der Waals surface area contributed by atoms with Gasteiger partial charge in [-0.05, 0) is 38.5 Å². The van der Waals surface area contributed by atoms with Crippen molar-refractivity contribution < 1.29 is 37.9 Å². The van der Waals surface area contributed by atoms with Crippen molar-refractivity contribution in [3.63, 3.8) is 0 Å². The van der Waals surface area contributed by atoms with Crippen LogP contribution in [0, 0.1) is 0 Å². The molecule has 0 aliphatic heterocycles. The van der Waals surface area contributed by atoms with Crippen molar-refractivity contribution in [1.82, 2.24) is 0 Å². The van der Waals surface area contributed by atoms with E-state index in [9.17, 15) is 14.2 Å². The standard InChI is InChI=1S/C46H87O8P/c1-3-5-7-9-11-13-15-17-19-20-21-22-23-24-25-26-27-29-30-32-34-36-38-40-45(47)52-42-44(43-53-55(49,50)51)54-46(48)41-39-37-35-33-31-28-18-16-14-12-10-8-6-4-2/h10,12,16,18,44H,3-9,11,13-15,17,19-43H2,1-2H3,(H2,49,50,51)/b12-10+,18-16+/t44-/m1/s1. The minimum absolute atomic E-state index is 0.199. The predicted molar refractivity (Wildman–Crippen MR) is 230 cm³/mol. The highest BCUT2D eigenvalue weighted by atomic mass is 31.2. The molecule has 0 aliphatic carbocycles. The fourth-order valence-electron chi connectivity index (χ4n) is 6.74. The second-order valence-corrected chi connectivity index (χ2v) is 17.0. The number of rotatable bonds is 43. The summed E-state index contributed by atoms with van der Waals surface area (Å²) in [5, 5.41) is 0. The summed E-state index contributed by atoms with van der Waals surface area (Å²) in [6.45, 7) is 3.66. The third kappa shape index (κ3) is 45.1. The quantitative estimate of drug-likeness (QED) is 0.0271. The van der Waals surface area contributed by atoms with Crippen molar-refractivity contribution in [1.29, 1.82) is 0 Å². The molecule has 0 fully saturated rings. The van der Waals surface area contributed by atoms with Crippen LogP contribution in [0.5, 0.6) is 0 Å². The van der Waals surface area contributed by atoms with Gasteiger partial charge in [0.25, 0.3) is 0 Å². The number of phosphoric ester groups is 1. The number of hydrogen-bond donors (Lipinski definition) is 2. The van der Waals surface area contributed by atoms with Crippen molar-refractivity contribution in [2.24, 2.45) is 0 Å². The number of allylic oxidation sites excluding steroid dienone is 4. The molecule has 324 valence electrons. The van der Waals surface area contributed by atoms with Crippen molar-refractivity contribution in [2.75, 3.05) is 13.2 Å². The van der Waals surface area contributed by atoms with Gasteiger partial charge in [0.2, 0.25) is 0 Å². The van der Waals surface area contributed by atoms with Gasteiger partial charge in [-0.3, -0.25) is 14.1 Å². The van der Waals surface area contributed by atoms with Crippen LogP contribution in [0.4, 0.5) is 0 Å². The zero-order valence-corrected chi connectivity index (χ0v) is 36.7. The van der Waals surface area contributed by atoms with E-state index < -0.39 is 32.5 Å². The van der Waals surface area contributed by atoms with E-state index in [2.05, 4.69) is 42.7 Å². The van der Waals surface area contributed by atoms with E-state index in [1.54, 1.807) is 0 Å². The second-order valence-electron chi connectivity index (χ2n) is 15.7. The van der Waals surface area contributed by atoms with E-state index in [1.165, 1.54) is 141 Å².